The molecule has 1 aromatic rings. The van der Waals surface area contributed by atoms with Crippen molar-refractivity contribution in [2.75, 3.05) is 33.3 Å². The highest BCUT2D eigenvalue weighted by molar-refractivity contribution is 5.81. The summed E-state index contributed by atoms with van der Waals surface area (Å²) < 4.78 is 7.71. The molecule has 0 aliphatic carbocycles. The molecule has 6 nitrogen and oxygen atoms in total. The Kier molecular flexibility index (Phi) is 4.03. The molecular formula is C14H22N4O2. The number of morpholine rings is 1. The van der Waals surface area contributed by atoms with Gasteiger partial charge in [0.15, 0.2) is 0 Å². The number of amides is 1. The van der Waals surface area contributed by atoms with Gasteiger partial charge in [-0.05, 0) is 19.4 Å². The largest absolute Gasteiger partial charge is 0.366 e. The minimum absolute atomic E-state index is 0.0213. The molecule has 2 aliphatic rings. The van der Waals surface area contributed by atoms with Crippen molar-refractivity contribution in [1.29, 1.82) is 0 Å². The van der Waals surface area contributed by atoms with Crippen LogP contribution in [-0.2, 0) is 22.5 Å². The number of carbonyl (C=O) groups is 1. The summed E-state index contributed by atoms with van der Waals surface area (Å²) in [5.41, 5.74) is 0. The number of aryl methyl sites for hydroxylation is 1. The maximum absolute atomic E-state index is 12.1. The van der Waals surface area contributed by atoms with Gasteiger partial charge in [0.25, 0.3) is 0 Å². The van der Waals surface area contributed by atoms with E-state index in [0.29, 0.717) is 19.1 Å². The Labute approximate surface area is 119 Å². The Morgan fingerprint density at radius 1 is 1.55 bits per heavy atom. The first kappa shape index (κ1) is 13.6. The Bertz CT molecular complexity index is 473. The van der Waals surface area contributed by atoms with E-state index in [0.717, 1.165) is 38.3 Å². The molecule has 0 saturated carbocycles. The fraction of sp³-hybridized carbons (Fsp3) is 0.714. The van der Waals surface area contributed by atoms with Crippen molar-refractivity contribution < 1.29 is 9.53 Å². The molecule has 1 amide bonds. The zero-order chi connectivity index (χ0) is 13.9. The average Bonchev–Trinajstić information content (AvgIpc) is 2.92. The van der Waals surface area contributed by atoms with Gasteiger partial charge in [0, 0.05) is 45.0 Å². The summed E-state index contributed by atoms with van der Waals surface area (Å²) in [7, 11) is 2.02. The summed E-state index contributed by atoms with van der Waals surface area (Å²) in [6.45, 7) is 3.88. The first-order valence-corrected chi connectivity index (χ1v) is 7.30. The van der Waals surface area contributed by atoms with Crippen LogP contribution in [0.1, 0.15) is 12.2 Å². The molecule has 0 radical (unpaired) electrons. The van der Waals surface area contributed by atoms with Gasteiger partial charge in [0.2, 0.25) is 5.91 Å². The van der Waals surface area contributed by atoms with Crippen molar-refractivity contribution >= 4 is 5.91 Å². The molecule has 2 aliphatic heterocycles. The number of carbonyl (C=O) groups excluding carboxylic acids is 1. The number of imidazole rings is 1. The van der Waals surface area contributed by atoms with Crippen molar-refractivity contribution in [2.24, 2.45) is 5.92 Å². The Morgan fingerprint density at radius 3 is 3.30 bits per heavy atom. The van der Waals surface area contributed by atoms with Crippen molar-refractivity contribution in [3.63, 3.8) is 0 Å². The SMILES string of the molecule is CN1CCOC(C(=O)NCC2CCc3nccn3C2)C1. The van der Waals surface area contributed by atoms with Gasteiger partial charge in [-0.3, -0.25) is 4.79 Å². The molecule has 0 aromatic carbocycles. The zero-order valence-electron chi connectivity index (χ0n) is 11.9. The van der Waals surface area contributed by atoms with E-state index in [9.17, 15) is 4.79 Å². The fourth-order valence-electron chi connectivity index (χ4n) is 2.90. The van der Waals surface area contributed by atoms with E-state index >= 15 is 0 Å². The van der Waals surface area contributed by atoms with Crippen molar-refractivity contribution in [1.82, 2.24) is 19.8 Å². The van der Waals surface area contributed by atoms with Crippen LogP contribution in [0.3, 0.4) is 0 Å². The molecule has 6 heteroatoms. The van der Waals surface area contributed by atoms with E-state index in [1.165, 1.54) is 0 Å². The lowest BCUT2D eigenvalue weighted by Crippen LogP contribution is -2.49. The van der Waals surface area contributed by atoms with E-state index < -0.39 is 0 Å². The first-order chi connectivity index (χ1) is 9.72. The van der Waals surface area contributed by atoms with Crippen LogP contribution in [0.25, 0.3) is 0 Å². The van der Waals surface area contributed by atoms with Gasteiger partial charge in [-0.15, -0.1) is 0 Å². The van der Waals surface area contributed by atoms with Crippen LogP contribution in [0, 0.1) is 5.92 Å². The first-order valence-electron chi connectivity index (χ1n) is 7.30. The number of hydrogen-bond donors (Lipinski definition) is 1. The monoisotopic (exact) mass is 278 g/mol. The van der Waals surface area contributed by atoms with Crippen LogP contribution in [-0.4, -0.2) is 59.8 Å². The van der Waals surface area contributed by atoms with Crippen LogP contribution in [0.5, 0.6) is 0 Å². The molecule has 3 rings (SSSR count). The predicted molar refractivity (Wildman–Crippen MR) is 74.3 cm³/mol. The van der Waals surface area contributed by atoms with Gasteiger partial charge in [-0.1, -0.05) is 0 Å². The van der Waals surface area contributed by atoms with E-state index in [1.54, 1.807) is 0 Å². The smallest absolute Gasteiger partial charge is 0.250 e. The summed E-state index contributed by atoms with van der Waals surface area (Å²) in [6.07, 6.45) is 5.63. The quantitative estimate of drug-likeness (QED) is 0.838. The third-order valence-electron chi connectivity index (χ3n) is 4.16. The van der Waals surface area contributed by atoms with E-state index in [-0.39, 0.29) is 12.0 Å². The van der Waals surface area contributed by atoms with Crippen LogP contribution in [0.2, 0.25) is 0 Å². The van der Waals surface area contributed by atoms with Gasteiger partial charge < -0.3 is 19.5 Å². The van der Waals surface area contributed by atoms with Crippen LogP contribution in [0.4, 0.5) is 0 Å². The maximum atomic E-state index is 12.1. The van der Waals surface area contributed by atoms with E-state index in [1.807, 2.05) is 19.4 Å². The minimum atomic E-state index is -0.318. The van der Waals surface area contributed by atoms with Crippen molar-refractivity contribution in [3.8, 4) is 0 Å². The summed E-state index contributed by atoms with van der Waals surface area (Å²) in [6, 6.07) is 0. The molecule has 0 spiro atoms. The lowest BCUT2D eigenvalue weighted by atomic mass is 9.99. The van der Waals surface area contributed by atoms with E-state index in [2.05, 4.69) is 19.8 Å². The Hall–Kier alpha value is -1.40. The van der Waals surface area contributed by atoms with Gasteiger partial charge in [-0.2, -0.15) is 0 Å². The average molecular weight is 278 g/mol. The van der Waals surface area contributed by atoms with Crippen LogP contribution < -0.4 is 5.32 Å². The third-order valence-corrected chi connectivity index (χ3v) is 4.16. The number of fused-ring (bicyclic) bond motifs is 1. The van der Waals surface area contributed by atoms with Crippen molar-refractivity contribution in [3.05, 3.63) is 18.2 Å². The predicted octanol–water partition coefficient (Wildman–Crippen LogP) is -0.108. The number of nitrogens with one attached hydrogen (secondary N) is 1. The fourth-order valence-corrected chi connectivity index (χ4v) is 2.90. The number of nitrogens with zero attached hydrogens (tertiary/aromatic N) is 3. The number of likely N-dealkylation sites (N-methyl/N-ethyl adjacent to an activating group) is 1. The van der Waals surface area contributed by atoms with Gasteiger partial charge >= 0.3 is 0 Å². The van der Waals surface area contributed by atoms with Gasteiger partial charge in [0.1, 0.15) is 11.9 Å². The van der Waals surface area contributed by atoms with Crippen LogP contribution in [0.15, 0.2) is 12.4 Å². The number of hydrogen-bond acceptors (Lipinski definition) is 4. The lowest BCUT2D eigenvalue weighted by Gasteiger charge is -2.30. The molecule has 1 N–H and O–H groups in total. The minimum Gasteiger partial charge on any atom is -0.366 e. The second-order valence-electron chi connectivity index (χ2n) is 5.77. The lowest BCUT2D eigenvalue weighted by molar-refractivity contribution is -0.138. The molecule has 3 heterocycles. The number of ether oxygens (including phenoxy) is 1. The summed E-state index contributed by atoms with van der Waals surface area (Å²) >= 11 is 0. The number of rotatable bonds is 3. The molecule has 0 bridgehead atoms. The summed E-state index contributed by atoms with van der Waals surface area (Å²) in [5, 5.41) is 3.04. The highest BCUT2D eigenvalue weighted by Gasteiger charge is 2.26. The second kappa shape index (κ2) is 5.93. The standard InChI is InChI=1S/C14H22N4O2/c1-17-6-7-20-12(10-17)14(19)16-8-11-2-3-13-15-4-5-18(13)9-11/h4-5,11-12H,2-3,6-10H2,1H3,(H,16,19). The van der Waals surface area contributed by atoms with Crippen molar-refractivity contribution in [2.45, 2.75) is 25.5 Å². The van der Waals surface area contributed by atoms with Gasteiger partial charge in [0.05, 0.1) is 6.61 Å². The van der Waals surface area contributed by atoms with Gasteiger partial charge in [-0.25, -0.2) is 4.98 Å². The normalized spacial score (nSPS) is 27.1. The third kappa shape index (κ3) is 3.02. The van der Waals surface area contributed by atoms with E-state index in [4.69, 9.17) is 4.74 Å². The Morgan fingerprint density at radius 2 is 2.45 bits per heavy atom. The second-order valence-corrected chi connectivity index (χ2v) is 5.77. The molecule has 1 aromatic heterocycles. The highest BCUT2D eigenvalue weighted by Crippen LogP contribution is 2.18. The Balaban J connectivity index is 1.47. The molecular weight excluding hydrogens is 256 g/mol. The molecule has 1 fully saturated rings. The molecule has 110 valence electrons. The molecule has 2 unspecified atom stereocenters. The van der Waals surface area contributed by atoms with Crippen LogP contribution >= 0.6 is 0 Å². The summed E-state index contributed by atoms with van der Waals surface area (Å²) in [5.74, 6) is 1.67. The topological polar surface area (TPSA) is 59.4 Å². The molecule has 2 atom stereocenters. The maximum Gasteiger partial charge on any atom is 0.250 e. The number of aromatic nitrogens is 2. The molecule has 1 saturated heterocycles. The summed E-state index contributed by atoms with van der Waals surface area (Å²) in [4.78, 5) is 18.5. The highest BCUT2D eigenvalue weighted by atomic mass is 16.5. The molecule has 20 heavy (non-hydrogen) atoms. The zero-order valence-corrected chi connectivity index (χ0v) is 11.9.